The van der Waals surface area contributed by atoms with Crippen molar-refractivity contribution in [2.24, 2.45) is 5.92 Å². The third-order valence-corrected chi connectivity index (χ3v) is 5.35. The van der Waals surface area contributed by atoms with Gasteiger partial charge in [0, 0.05) is 23.8 Å². The average Bonchev–Trinajstić information content (AvgIpc) is 2.65. The van der Waals surface area contributed by atoms with E-state index in [1.165, 1.54) is 19.3 Å². The Bertz CT molecular complexity index is 617. The van der Waals surface area contributed by atoms with Crippen molar-refractivity contribution in [2.45, 2.75) is 57.9 Å². The van der Waals surface area contributed by atoms with Crippen LogP contribution in [-0.4, -0.2) is 30.9 Å². The summed E-state index contributed by atoms with van der Waals surface area (Å²) in [6, 6.07) is 5.83. The molecule has 0 bridgehead atoms. The monoisotopic (exact) mass is 343 g/mol. The van der Waals surface area contributed by atoms with Gasteiger partial charge in [-0.25, -0.2) is 0 Å². The normalized spacial score (nSPS) is 21.6. The Morgan fingerprint density at radius 1 is 1.08 bits per heavy atom. The maximum atomic E-state index is 12.4. The van der Waals surface area contributed by atoms with E-state index in [0.717, 1.165) is 50.0 Å². The molecular weight excluding hydrogens is 314 g/mol. The van der Waals surface area contributed by atoms with Crippen LogP contribution in [-0.2, 0) is 4.79 Å². The third-order valence-electron chi connectivity index (χ3n) is 5.35. The number of anilines is 1. The number of piperidine rings is 1. The van der Waals surface area contributed by atoms with Gasteiger partial charge in [-0.3, -0.25) is 9.59 Å². The number of amides is 2. The van der Waals surface area contributed by atoms with Crippen LogP contribution in [0.25, 0.3) is 0 Å². The van der Waals surface area contributed by atoms with Crippen molar-refractivity contribution in [3.05, 3.63) is 29.3 Å². The SMILES string of the molecule is Cc1cc(C(=O)NC2CCCCC2)ccc1NC(=O)C1CCCNC1. The highest BCUT2D eigenvalue weighted by molar-refractivity contribution is 5.97. The lowest BCUT2D eigenvalue weighted by atomic mass is 9.95. The molecule has 2 amide bonds. The summed E-state index contributed by atoms with van der Waals surface area (Å²) in [4.78, 5) is 24.8. The van der Waals surface area contributed by atoms with E-state index in [4.69, 9.17) is 0 Å². The number of carbonyl (C=O) groups excluding carboxylic acids is 2. The molecule has 0 spiro atoms. The van der Waals surface area contributed by atoms with Gasteiger partial charge < -0.3 is 16.0 Å². The van der Waals surface area contributed by atoms with Crippen LogP contribution in [0.15, 0.2) is 18.2 Å². The van der Waals surface area contributed by atoms with E-state index in [0.29, 0.717) is 11.6 Å². The largest absolute Gasteiger partial charge is 0.349 e. The van der Waals surface area contributed by atoms with Crippen LogP contribution in [0.1, 0.15) is 60.9 Å². The zero-order valence-electron chi connectivity index (χ0n) is 15.1. The Morgan fingerprint density at radius 2 is 1.88 bits per heavy atom. The second-order valence-electron chi connectivity index (χ2n) is 7.37. The molecule has 2 aliphatic rings. The highest BCUT2D eigenvalue weighted by atomic mass is 16.2. The van der Waals surface area contributed by atoms with Crippen molar-refractivity contribution in [1.82, 2.24) is 10.6 Å². The van der Waals surface area contributed by atoms with E-state index in [2.05, 4.69) is 16.0 Å². The van der Waals surface area contributed by atoms with E-state index in [-0.39, 0.29) is 17.7 Å². The molecule has 5 heteroatoms. The minimum absolute atomic E-state index is 0.00985. The summed E-state index contributed by atoms with van der Waals surface area (Å²) in [6.07, 6.45) is 7.80. The minimum Gasteiger partial charge on any atom is -0.349 e. The van der Waals surface area contributed by atoms with Gasteiger partial charge in [0.25, 0.3) is 5.91 Å². The van der Waals surface area contributed by atoms with E-state index in [9.17, 15) is 9.59 Å². The summed E-state index contributed by atoms with van der Waals surface area (Å²) >= 11 is 0. The summed E-state index contributed by atoms with van der Waals surface area (Å²) in [5.74, 6) is 0.0847. The van der Waals surface area contributed by atoms with Crippen molar-refractivity contribution in [3.8, 4) is 0 Å². The van der Waals surface area contributed by atoms with Gasteiger partial charge >= 0.3 is 0 Å². The van der Waals surface area contributed by atoms with Crippen molar-refractivity contribution in [1.29, 1.82) is 0 Å². The van der Waals surface area contributed by atoms with Crippen molar-refractivity contribution in [3.63, 3.8) is 0 Å². The van der Waals surface area contributed by atoms with Gasteiger partial charge in [0.2, 0.25) is 5.91 Å². The number of benzene rings is 1. The quantitative estimate of drug-likeness (QED) is 0.787. The fraction of sp³-hybridized carbons (Fsp3) is 0.600. The van der Waals surface area contributed by atoms with Crippen LogP contribution in [0.4, 0.5) is 5.69 Å². The molecular formula is C20H29N3O2. The Balaban J connectivity index is 1.59. The first-order valence-corrected chi connectivity index (χ1v) is 9.56. The molecule has 1 saturated heterocycles. The Labute approximate surface area is 150 Å². The van der Waals surface area contributed by atoms with Gasteiger partial charge in [0.1, 0.15) is 0 Å². The number of hydrogen-bond acceptors (Lipinski definition) is 3. The number of carbonyl (C=O) groups is 2. The molecule has 1 atom stereocenters. The van der Waals surface area contributed by atoms with Crippen molar-refractivity contribution >= 4 is 17.5 Å². The second-order valence-corrected chi connectivity index (χ2v) is 7.37. The lowest BCUT2D eigenvalue weighted by molar-refractivity contribution is -0.120. The van der Waals surface area contributed by atoms with E-state index < -0.39 is 0 Å². The molecule has 0 aromatic heterocycles. The summed E-state index contributed by atoms with van der Waals surface area (Å²) in [5, 5.41) is 9.42. The smallest absolute Gasteiger partial charge is 0.251 e. The first kappa shape index (κ1) is 17.9. The number of nitrogens with one attached hydrogen (secondary N) is 3. The molecule has 0 radical (unpaired) electrons. The van der Waals surface area contributed by atoms with Crippen LogP contribution in [0.3, 0.4) is 0 Å². The molecule has 1 heterocycles. The maximum absolute atomic E-state index is 12.4. The molecule has 1 aromatic carbocycles. The molecule has 1 unspecified atom stereocenters. The van der Waals surface area contributed by atoms with Crippen molar-refractivity contribution < 1.29 is 9.59 Å². The maximum Gasteiger partial charge on any atom is 0.251 e. The second kappa shape index (κ2) is 8.48. The van der Waals surface area contributed by atoms with E-state index in [1.807, 2.05) is 19.1 Å². The Hall–Kier alpha value is -1.88. The molecule has 3 N–H and O–H groups in total. The highest BCUT2D eigenvalue weighted by Gasteiger charge is 2.22. The number of hydrogen-bond donors (Lipinski definition) is 3. The van der Waals surface area contributed by atoms with Gasteiger partial charge in [-0.05, 0) is 62.9 Å². The standard InChI is InChI=1S/C20H29N3O2/c1-14-12-15(19(24)22-17-7-3-2-4-8-17)9-10-18(14)23-20(25)16-6-5-11-21-13-16/h9-10,12,16-17,21H,2-8,11,13H2,1H3,(H,22,24)(H,23,25). The van der Waals surface area contributed by atoms with Gasteiger partial charge in [-0.1, -0.05) is 19.3 Å². The molecule has 1 aromatic rings. The van der Waals surface area contributed by atoms with Gasteiger partial charge in [-0.2, -0.15) is 0 Å². The van der Waals surface area contributed by atoms with E-state index in [1.54, 1.807) is 6.07 Å². The van der Waals surface area contributed by atoms with Crippen LogP contribution in [0.2, 0.25) is 0 Å². The fourth-order valence-electron chi connectivity index (χ4n) is 3.77. The first-order valence-electron chi connectivity index (χ1n) is 9.56. The predicted octanol–water partition coefficient (Wildman–Crippen LogP) is 3.00. The van der Waals surface area contributed by atoms with Gasteiger partial charge in [0.05, 0.1) is 5.92 Å². The minimum atomic E-state index is -0.00985. The highest BCUT2D eigenvalue weighted by Crippen LogP contribution is 2.21. The van der Waals surface area contributed by atoms with Crippen molar-refractivity contribution in [2.75, 3.05) is 18.4 Å². The molecule has 1 aliphatic carbocycles. The molecule has 5 nitrogen and oxygen atoms in total. The van der Waals surface area contributed by atoms with E-state index >= 15 is 0 Å². The summed E-state index contributed by atoms with van der Waals surface area (Å²) < 4.78 is 0. The van der Waals surface area contributed by atoms with Gasteiger partial charge in [0.15, 0.2) is 0 Å². The molecule has 2 fully saturated rings. The predicted molar refractivity (Wildman–Crippen MR) is 99.7 cm³/mol. The average molecular weight is 343 g/mol. The molecule has 3 rings (SSSR count). The van der Waals surface area contributed by atoms with Crippen LogP contribution < -0.4 is 16.0 Å². The van der Waals surface area contributed by atoms with Crippen LogP contribution in [0, 0.1) is 12.8 Å². The fourth-order valence-corrected chi connectivity index (χ4v) is 3.77. The summed E-state index contributed by atoms with van der Waals surface area (Å²) in [6.45, 7) is 3.67. The molecule has 1 aliphatic heterocycles. The molecule has 136 valence electrons. The molecule has 1 saturated carbocycles. The van der Waals surface area contributed by atoms with Crippen LogP contribution in [0.5, 0.6) is 0 Å². The third kappa shape index (κ3) is 4.82. The first-order chi connectivity index (χ1) is 12.1. The summed E-state index contributed by atoms with van der Waals surface area (Å²) in [7, 11) is 0. The Kier molecular flexibility index (Phi) is 6.08. The topological polar surface area (TPSA) is 70.2 Å². The summed E-state index contributed by atoms with van der Waals surface area (Å²) in [5.41, 5.74) is 2.39. The number of rotatable bonds is 4. The lowest BCUT2D eigenvalue weighted by Gasteiger charge is -2.23. The van der Waals surface area contributed by atoms with Crippen LogP contribution >= 0.6 is 0 Å². The number of aryl methyl sites for hydroxylation is 1. The van der Waals surface area contributed by atoms with Gasteiger partial charge in [-0.15, -0.1) is 0 Å². The molecule has 25 heavy (non-hydrogen) atoms. The lowest BCUT2D eigenvalue weighted by Crippen LogP contribution is -2.37. The zero-order valence-corrected chi connectivity index (χ0v) is 15.1. The Morgan fingerprint density at radius 3 is 2.56 bits per heavy atom. The zero-order chi connectivity index (χ0) is 17.6.